The number of rotatable bonds is 28. The van der Waals surface area contributed by atoms with Crippen molar-refractivity contribution in [3.8, 4) is 0 Å². The topological polar surface area (TPSA) is 318 Å². The number of benzene rings is 2. The van der Waals surface area contributed by atoms with Crippen LogP contribution in [-0.2, 0) is 63.9 Å². The molecule has 418 valence electrons. The van der Waals surface area contributed by atoms with Gasteiger partial charge in [0.1, 0.15) is 36.9 Å². The van der Waals surface area contributed by atoms with E-state index in [-0.39, 0.29) is 43.5 Å². The first-order chi connectivity index (χ1) is 34.7. The van der Waals surface area contributed by atoms with E-state index >= 15 is 0 Å². The molecule has 0 aromatic heterocycles. The molecule has 1 unspecified atom stereocenters. The van der Waals surface area contributed by atoms with E-state index in [9.17, 15) is 48.3 Å². The van der Waals surface area contributed by atoms with Crippen molar-refractivity contribution in [3.05, 3.63) is 71.8 Å². The summed E-state index contributed by atoms with van der Waals surface area (Å²) in [5, 5.41) is 25.4. The van der Waals surface area contributed by atoms with E-state index < -0.39 is 129 Å². The van der Waals surface area contributed by atoms with Gasteiger partial charge in [0.2, 0.25) is 29.5 Å². The van der Waals surface area contributed by atoms with Crippen LogP contribution >= 0.6 is 0 Å². The molecule has 0 aliphatic heterocycles. The average molecular weight is 1070 g/mol. The molecule has 0 aliphatic rings. The Kier molecular flexibility index (Phi) is 25.9. The molecule has 0 bridgehead atoms. The van der Waals surface area contributed by atoms with Gasteiger partial charge in [-0.2, -0.15) is 0 Å². The number of nitrogens with two attached hydrogens (primary N) is 1. The van der Waals surface area contributed by atoms with Crippen molar-refractivity contribution in [1.82, 2.24) is 31.9 Å². The molecule has 0 saturated carbocycles. The first-order valence-electron chi connectivity index (χ1n) is 24.9. The molecule has 2 aromatic carbocycles. The molecule has 75 heavy (non-hydrogen) atoms. The maximum atomic E-state index is 14.6. The molecule has 22 nitrogen and oxygen atoms in total. The predicted octanol–water partition coefficient (Wildman–Crippen LogP) is 3.66. The van der Waals surface area contributed by atoms with E-state index in [0.29, 0.717) is 6.04 Å². The lowest BCUT2D eigenvalue weighted by atomic mass is 9.98. The van der Waals surface area contributed by atoms with Crippen LogP contribution in [0.5, 0.6) is 0 Å². The molecule has 0 heterocycles. The Hall–Kier alpha value is -6.59. The summed E-state index contributed by atoms with van der Waals surface area (Å²) in [6.07, 6.45) is -5.70. The van der Waals surface area contributed by atoms with Crippen LogP contribution in [0.4, 0.5) is 9.59 Å². The van der Waals surface area contributed by atoms with Crippen LogP contribution in [0.3, 0.4) is 0 Å². The van der Waals surface area contributed by atoms with Gasteiger partial charge < -0.3 is 66.4 Å². The average Bonchev–Trinajstić information content (AvgIpc) is 3.29. The molecule has 0 fully saturated rings. The number of amides is 7. The highest BCUT2D eigenvalue weighted by Gasteiger charge is 2.41. The van der Waals surface area contributed by atoms with E-state index in [2.05, 4.69) is 51.5 Å². The number of aliphatic hydroxyl groups is 1. The maximum absolute atomic E-state index is 14.6. The minimum atomic E-state index is -2.36. The van der Waals surface area contributed by atoms with Crippen molar-refractivity contribution in [2.24, 2.45) is 17.6 Å². The quantitative estimate of drug-likeness (QED) is 0.0343. The number of nitrogens with one attached hydrogen (secondary N) is 6. The molecule has 2 rings (SSSR count). The number of hydrogen-bond acceptors (Lipinski definition) is 15. The smallest absolute Gasteiger partial charge is 0.408 e. The predicted molar refractivity (Wildman–Crippen MR) is 280 cm³/mol. The van der Waals surface area contributed by atoms with Crippen LogP contribution in [0, 0.1) is 11.8 Å². The highest BCUT2D eigenvalue weighted by Crippen LogP contribution is 2.25. The summed E-state index contributed by atoms with van der Waals surface area (Å²) in [6.45, 7) is 21.7. The fourth-order valence-corrected chi connectivity index (χ4v) is 7.44. The van der Waals surface area contributed by atoms with Gasteiger partial charge in [-0.1, -0.05) is 108 Å². The Bertz CT molecular complexity index is 2210. The molecule has 9 N–H and O–H groups in total. The zero-order valence-electron chi connectivity index (χ0n) is 45.7. The van der Waals surface area contributed by atoms with Crippen molar-refractivity contribution in [2.45, 2.75) is 168 Å². The third kappa shape index (κ3) is 26.0. The van der Waals surface area contributed by atoms with E-state index in [1.54, 1.807) is 97.9 Å². The van der Waals surface area contributed by atoms with E-state index in [4.69, 9.17) is 29.4 Å². The second-order valence-electron chi connectivity index (χ2n) is 22.0. The van der Waals surface area contributed by atoms with Crippen molar-refractivity contribution < 1.29 is 71.9 Å². The zero-order chi connectivity index (χ0) is 56.8. The first-order valence-corrected chi connectivity index (χ1v) is 28.6. The first kappa shape index (κ1) is 64.5. The Labute approximate surface area is 441 Å². The fraction of sp³-hybridized carbons (Fsp3) is 0.596. The molecular weight excluding hydrogens is 991 g/mol. The van der Waals surface area contributed by atoms with Crippen LogP contribution in [-0.4, -0.2) is 134 Å². The highest BCUT2D eigenvalue weighted by atomic mass is 28.3. The van der Waals surface area contributed by atoms with Crippen molar-refractivity contribution in [3.63, 3.8) is 0 Å². The standard InChI is InChI=1S/C52H81N7O15Si/c1-31(2)26-35(55-44(63)36(27-32(3)4)57-50(69)71-29-33-20-16-14-17-21-33)45(64)59-40(48(67)70-24-25-75(11,12)13)42(34-22-18-15-19-23-34)73-47(66)37(30-72-51(5,6)7)56-46(65)39(41(61)43(53)62)58-38(60)28-54-49(68)74-52(8,9)10/h14-23,31-32,35-37,39-42,61H,24-30H2,1-13H3,(H2,53,62)(H,54,68)(H,55,63)(H,56,65)(H,57,69)(H,58,60)(H,59,64)/t35-,36+,37?,39-,40-,41-,42+/m0/s1. The van der Waals surface area contributed by atoms with Gasteiger partial charge in [-0.15, -0.1) is 0 Å². The van der Waals surface area contributed by atoms with Gasteiger partial charge in [-0.3, -0.25) is 24.0 Å². The third-order valence-corrected chi connectivity index (χ3v) is 12.2. The molecule has 2 aromatic rings. The largest absolute Gasteiger partial charge is 0.464 e. The molecular formula is C52H81N7O15Si. The number of primary amides is 1. The van der Waals surface area contributed by atoms with Crippen molar-refractivity contribution >= 4 is 61.7 Å². The minimum absolute atomic E-state index is 0.0434. The van der Waals surface area contributed by atoms with Gasteiger partial charge in [-0.25, -0.2) is 19.2 Å². The molecule has 0 aliphatic carbocycles. The number of hydrogen-bond donors (Lipinski definition) is 8. The molecule has 7 amide bonds. The Morgan fingerprint density at radius 2 is 1.16 bits per heavy atom. The maximum Gasteiger partial charge on any atom is 0.408 e. The van der Waals surface area contributed by atoms with Crippen LogP contribution in [0.2, 0.25) is 25.7 Å². The minimum Gasteiger partial charge on any atom is -0.464 e. The normalized spacial score (nSPS) is 14.6. The van der Waals surface area contributed by atoms with Crippen molar-refractivity contribution in [2.75, 3.05) is 19.8 Å². The fourth-order valence-electron chi connectivity index (χ4n) is 6.73. The SMILES string of the molecule is CC(C)C[C@H](NC(=O)[C@@H](CC(C)C)NC(=O)OCc1ccccc1)C(=O)N[C@H](C(=O)OCC[Si](C)(C)C)[C@H](OC(=O)C(COC(C)(C)C)NC(=O)[C@@H](NC(=O)CNC(=O)OC(C)(C)C)[C@H](O)C(N)=O)c1ccccc1. The molecule has 0 saturated heterocycles. The van der Waals surface area contributed by atoms with Gasteiger partial charge in [-0.05, 0) is 83.4 Å². The number of alkyl carbamates (subject to hydrolysis) is 2. The number of carbonyl (C=O) groups is 9. The molecule has 0 spiro atoms. The van der Waals surface area contributed by atoms with Crippen LogP contribution < -0.4 is 37.6 Å². The summed E-state index contributed by atoms with van der Waals surface area (Å²) >= 11 is 0. The second kappa shape index (κ2) is 30.1. The number of carbonyl (C=O) groups excluding carboxylic acids is 9. The third-order valence-electron chi connectivity index (χ3n) is 10.5. The van der Waals surface area contributed by atoms with Crippen LogP contribution in [0.15, 0.2) is 60.7 Å². The Morgan fingerprint density at radius 1 is 0.627 bits per heavy atom. The summed E-state index contributed by atoms with van der Waals surface area (Å²) in [6, 6.07) is 9.06. The lowest BCUT2D eigenvalue weighted by Gasteiger charge is -2.32. The lowest BCUT2D eigenvalue weighted by molar-refractivity contribution is -0.165. The summed E-state index contributed by atoms with van der Waals surface area (Å²) in [7, 11) is -1.82. The summed E-state index contributed by atoms with van der Waals surface area (Å²) in [5.74, 6) is -8.00. The number of aliphatic hydroxyl groups excluding tert-OH is 1. The number of esters is 2. The number of ether oxygens (including phenoxy) is 5. The summed E-state index contributed by atoms with van der Waals surface area (Å²) in [5.41, 5.74) is 4.37. The summed E-state index contributed by atoms with van der Waals surface area (Å²) < 4.78 is 28.3. The molecule has 0 radical (unpaired) electrons. The van der Waals surface area contributed by atoms with Gasteiger partial charge in [0, 0.05) is 8.07 Å². The van der Waals surface area contributed by atoms with Crippen LogP contribution in [0.1, 0.15) is 99.3 Å². The van der Waals surface area contributed by atoms with Gasteiger partial charge >= 0.3 is 24.1 Å². The monoisotopic (exact) mass is 1070 g/mol. The Balaban J connectivity index is 2.63. The highest BCUT2D eigenvalue weighted by molar-refractivity contribution is 6.76. The second-order valence-corrected chi connectivity index (χ2v) is 27.7. The van der Waals surface area contributed by atoms with Crippen molar-refractivity contribution in [1.29, 1.82) is 0 Å². The van der Waals surface area contributed by atoms with Gasteiger partial charge in [0.25, 0.3) is 0 Å². The van der Waals surface area contributed by atoms with E-state index in [1.807, 2.05) is 19.9 Å². The van der Waals surface area contributed by atoms with Gasteiger partial charge in [0.05, 0.1) is 18.8 Å². The Morgan fingerprint density at radius 3 is 1.68 bits per heavy atom. The summed E-state index contributed by atoms with van der Waals surface area (Å²) in [4.78, 5) is 122. The van der Waals surface area contributed by atoms with E-state index in [0.717, 1.165) is 5.56 Å². The van der Waals surface area contributed by atoms with E-state index in [1.165, 1.54) is 12.1 Å². The lowest BCUT2D eigenvalue weighted by Crippen LogP contribution is -2.61. The zero-order valence-corrected chi connectivity index (χ0v) is 46.7. The van der Waals surface area contributed by atoms with Gasteiger partial charge in [0.15, 0.2) is 24.3 Å². The molecule has 7 atom stereocenters. The molecule has 23 heteroatoms. The van der Waals surface area contributed by atoms with Crippen LogP contribution in [0.25, 0.3) is 0 Å².